The molecule has 3 atom stereocenters. The minimum Gasteiger partial charge on any atom is -0.497 e. The summed E-state index contributed by atoms with van der Waals surface area (Å²) in [4.78, 5) is 15.7. The van der Waals surface area contributed by atoms with Crippen molar-refractivity contribution in [3.05, 3.63) is 52.4 Å². The quantitative estimate of drug-likeness (QED) is 0.449. The minimum atomic E-state index is -0.194. The molecule has 0 radical (unpaired) electrons. The van der Waals surface area contributed by atoms with Crippen molar-refractivity contribution >= 4 is 9.24 Å². The molecule has 0 amide bonds. The zero-order valence-electron chi connectivity index (χ0n) is 16.5. The van der Waals surface area contributed by atoms with E-state index in [1.165, 1.54) is 12.8 Å². The van der Waals surface area contributed by atoms with Gasteiger partial charge in [-0.2, -0.15) is 0 Å². The number of rotatable bonds is 9. The van der Waals surface area contributed by atoms with E-state index in [0.717, 1.165) is 41.7 Å². The van der Waals surface area contributed by atoms with E-state index in [-0.39, 0.29) is 10.7 Å². The molecule has 0 saturated heterocycles. The van der Waals surface area contributed by atoms with Gasteiger partial charge in [0.2, 0.25) is 0 Å². The number of aromatic nitrogens is 1. The Hall–Kier alpha value is -1.60. The summed E-state index contributed by atoms with van der Waals surface area (Å²) in [5, 5.41) is -0.194. The summed E-state index contributed by atoms with van der Waals surface area (Å²) in [5.41, 5.74) is 3.01. The average molecular weight is 373 g/mol. The van der Waals surface area contributed by atoms with Gasteiger partial charge in [0.05, 0.1) is 7.11 Å². The summed E-state index contributed by atoms with van der Waals surface area (Å²) >= 11 is 0. The van der Waals surface area contributed by atoms with E-state index in [4.69, 9.17) is 4.74 Å². The van der Waals surface area contributed by atoms with Gasteiger partial charge >= 0.3 is 0 Å². The van der Waals surface area contributed by atoms with Crippen LogP contribution in [0.1, 0.15) is 58.4 Å². The van der Waals surface area contributed by atoms with Crippen LogP contribution >= 0.6 is 9.24 Å². The van der Waals surface area contributed by atoms with Crippen LogP contribution < -0.4 is 10.3 Å². The lowest BCUT2D eigenvalue weighted by Gasteiger charge is -2.35. The first-order valence-corrected chi connectivity index (χ1v) is 10.2. The van der Waals surface area contributed by atoms with Gasteiger partial charge < -0.3 is 9.72 Å². The summed E-state index contributed by atoms with van der Waals surface area (Å²) in [5.74, 6) is 1.24. The van der Waals surface area contributed by atoms with E-state index < -0.39 is 0 Å². The summed E-state index contributed by atoms with van der Waals surface area (Å²) in [6.45, 7) is 6.66. The third kappa shape index (κ3) is 4.57. The van der Waals surface area contributed by atoms with Gasteiger partial charge in [-0.1, -0.05) is 58.6 Å². The molecule has 2 rings (SSSR count). The van der Waals surface area contributed by atoms with Gasteiger partial charge in [-0.05, 0) is 41.7 Å². The Kier molecular flexibility index (Phi) is 7.46. The van der Waals surface area contributed by atoms with Gasteiger partial charge in [0.15, 0.2) is 0 Å². The maximum atomic E-state index is 12.7. The number of pyridine rings is 1. The minimum absolute atomic E-state index is 0.0223. The third-order valence-electron chi connectivity index (χ3n) is 5.51. The molecular weight excluding hydrogens is 341 g/mol. The standard InChI is InChI=1S/C22H32NO2P/c1-5-7-8-13-22(26,16(3)6-2)20-14-18(15-23-21(20)24)17-9-11-19(25-4)12-10-17/h9-12,14-16H,5-8,13,26H2,1-4H3,(H,23,24). The Morgan fingerprint density at radius 3 is 2.42 bits per heavy atom. The van der Waals surface area contributed by atoms with Gasteiger partial charge in [0.25, 0.3) is 5.56 Å². The van der Waals surface area contributed by atoms with Crippen molar-refractivity contribution in [2.24, 2.45) is 5.92 Å². The monoisotopic (exact) mass is 373 g/mol. The predicted molar refractivity (Wildman–Crippen MR) is 114 cm³/mol. The second kappa shape index (κ2) is 9.37. The first kappa shape index (κ1) is 20.7. The molecule has 0 saturated carbocycles. The Balaban J connectivity index is 2.45. The zero-order valence-corrected chi connectivity index (χ0v) is 17.6. The fraction of sp³-hybridized carbons (Fsp3) is 0.500. The lowest BCUT2D eigenvalue weighted by atomic mass is 9.80. The predicted octanol–water partition coefficient (Wildman–Crippen LogP) is 5.75. The molecule has 4 heteroatoms. The first-order chi connectivity index (χ1) is 12.5. The molecule has 26 heavy (non-hydrogen) atoms. The molecule has 1 aromatic carbocycles. The van der Waals surface area contributed by atoms with Gasteiger partial charge in [-0.25, -0.2) is 0 Å². The lowest BCUT2D eigenvalue weighted by Crippen LogP contribution is -2.33. The third-order valence-corrected chi connectivity index (χ3v) is 6.68. The van der Waals surface area contributed by atoms with Crippen LogP contribution in [0.3, 0.4) is 0 Å². The first-order valence-electron chi connectivity index (χ1n) is 9.62. The number of aromatic amines is 1. The number of ether oxygens (including phenoxy) is 1. The zero-order chi connectivity index (χ0) is 19.2. The molecule has 1 N–H and O–H groups in total. The van der Waals surface area contributed by atoms with Crippen molar-refractivity contribution in [2.75, 3.05) is 7.11 Å². The number of benzene rings is 1. The van der Waals surface area contributed by atoms with Crippen LogP contribution in [0.15, 0.2) is 41.3 Å². The Bertz CT molecular complexity index is 753. The SMILES string of the molecule is CCCCCC(P)(c1cc(-c2ccc(OC)cc2)c[nH]c1=O)C(C)CC. The summed E-state index contributed by atoms with van der Waals surface area (Å²) in [7, 11) is 4.70. The van der Waals surface area contributed by atoms with E-state index in [2.05, 4.69) is 41.1 Å². The lowest BCUT2D eigenvalue weighted by molar-refractivity contribution is 0.364. The van der Waals surface area contributed by atoms with Gasteiger partial charge in [0, 0.05) is 16.9 Å². The molecular formula is C22H32NO2P. The molecule has 3 unspecified atom stereocenters. The summed E-state index contributed by atoms with van der Waals surface area (Å²) in [6.07, 6.45) is 7.38. The van der Waals surface area contributed by atoms with Gasteiger partial charge in [0.1, 0.15) is 5.75 Å². The van der Waals surface area contributed by atoms with Crippen LogP contribution in [0.2, 0.25) is 0 Å². The van der Waals surface area contributed by atoms with Crippen LogP contribution in [-0.2, 0) is 5.16 Å². The molecule has 0 fully saturated rings. The fourth-order valence-electron chi connectivity index (χ4n) is 3.46. The molecule has 142 valence electrons. The maximum absolute atomic E-state index is 12.7. The maximum Gasteiger partial charge on any atom is 0.252 e. The number of methoxy groups -OCH3 is 1. The number of unbranched alkanes of at least 4 members (excludes halogenated alkanes) is 2. The van der Waals surface area contributed by atoms with Crippen molar-refractivity contribution in [1.82, 2.24) is 4.98 Å². The normalized spacial score (nSPS) is 14.7. The molecule has 3 nitrogen and oxygen atoms in total. The second-order valence-corrected chi connectivity index (χ2v) is 8.20. The van der Waals surface area contributed by atoms with Crippen molar-refractivity contribution in [3.63, 3.8) is 0 Å². The number of nitrogens with one attached hydrogen (secondary N) is 1. The highest BCUT2D eigenvalue weighted by atomic mass is 31.0. The summed E-state index contributed by atoms with van der Waals surface area (Å²) < 4.78 is 5.24. The number of H-pyrrole nitrogens is 1. The van der Waals surface area contributed by atoms with Crippen LogP contribution in [0.25, 0.3) is 11.1 Å². The van der Waals surface area contributed by atoms with Crippen LogP contribution in [0.4, 0.5) is 0 Å². The molecule has 0 bridgehead atoms. The fourth-order valence-corrected chi connectivity index (χ4v) is 4.11. The second-order valence-electron chi connectivity index (χ2n) is 7.17. The van der Waals surface area contributed by atoms with Crippen molar-refractivity contribution in [2.45, 2.75) is 58.0 Å². The number of hydrogen-bond acceptors (Lipinski definition) is 2. The van der Waals surface area contributed by atoms with Crippen molar-refractivity contribution < 1.29 is 4.74 Å². The topological polar surface area (TPSA) is 42.1 Å². The van der Waals surface area contributed by atoms with Crippen LogP contribution in [0, 0.1) is 5.92 Å². The molecule has 2 aromatic rings. The van der Waals surface area contributed by atoms with Gasteiger partial charge in [-0.15, -0.1) is 9.24 Å². The largest absolute Gasteiger partial charge is 0.497 e. The highest BCUT2D eigenvalue weighted by Gasteiger charge is 2.34. The van der Waals surface area contributed by atoms with Crippen molar-refractivity contribution in [1.29, 1.82) is 0 Å². The number of hydrogen-bond donors (Lipinski definition) is 1. The highest BCUT2D eigenvalue weighted by Crippen LogP contribution is 2.44. The van der Waals surface area contributed by atoms with E-state index in [1.54, 1.807) is 13.3 Å². The average Bonchev–Trinajstić information content (AvgIpc) is 2.67. The Morgan fingerprint density at radius 1 is 1.15 bits per heavy atom. The summed E-state index contributed by atoms with van der Waals surface area (Å²) in [6, 6.07) is 10.0. The highest BCUT2D eigenvalue weighted by molar-refractivity contribution is 7.18. The van der Waals surface area contributed by atoms with Crippen molar-refractivity contribution in [3.8, 4) is 16.9 Å². The van der Waals surface area contributed by atoms with E-state index in [9.17, 15) is 4.79 Å². The molecule has 1 heterocycles. The molecule has 0 aliphatic rings. The smallest absolute Gasteiger partial charge is 0.252 e. The van der Waals surface area contributed by atoms with Crippen LogP contribution in [-0.4, -0.2) is 12.1 Å². The Labute approximate surface area is 159 Å². The van der Waals surface area contributed by atoms with E-state index >= 15 is 0 Å². The molecule has 0 aliphatic heterocycles. The van der Waals surface area contributed by atoms with E-state index in [0.29, 0.717) is 5.92 Å². The molecule has 0 aliphatic carbocycles. The molecule has 0 spiro atoms. The molecule has 1 aromatic heterocycles. The van der Waals surface area contributed by atoms with E-state index in [1.807, 2.05) is 24.3 Å². The van der Waals surface area contributed by atoms with Crippen LogP contribution in [0.5, 0.6) is 5.75 Å². The van der Waals surface area contributed by atoms with Gasteiger partial charge in [-0.3, -0.25) is 4.79 Å². The Morgan fingerprint density at radius 2 is 1.85 bits per heavy atom.